The zero-order chi connectivity index (χ0) is 17.6. The van der Waals surface area contributed by atoms with Crippen molar-refractivity contribution in [2.75, 3.05) is 32.2 Å². The second-order valence-corrected chi connectivity index (χ2v) is 7.52. The largest absolute Gasteiger partial charge is 0.396 e. The van der Waals surface area contributed by atoms with Crippen molar-refractivity contribution in [1.29, 1.82) is 0 Å². The number of hydrogen-bond donors (Lipinski definition) is 1. The van der Waals surface area contributed by atoms with Crippen molar-refractivity contribution in [2.24, 2.45) is 0 Å². The molecule has 0 fully saturated rings. The third-order valence-corrected chi connectivity index (χ3v) is 5.27. The second-order valence-electron chi connectivity index (χ2n) is 5.94. The van der Waals surface area contributed by atoms with Gasteiger partial charge in [-0.15, -0.1) is 0 Å². The molecule has 2 rings (SSSR count). The molecule has 0 aliphatic heterocycles. The molecule has 0 aliphatic carbocycles. The number of hydrogen-bond acceptors (Lipinski definition) is 5. The van der Waals surface area contributed by atoms with E-state index in [1.165, 1.54) is 0 Å². The van der Waals surface area contributed by atoms with E-state index in [0.717, 1.165) is 30.3 Å². The molecule has 0 spiro atoms. The molecule has 0 aliphatic rings. The number of nitrogens with zero attached hydrogens (tertiary/aromatic N) is 1. The van der Waals surface area contributed by atoms with E-state index in [9.17, 15) is 8.42 Å². The Balaban J connectivity index is 2.20. The molecule has 0 amide bonds. The number of aliphatic hydroxyl groups is 1. The van der Waals surface area contributed by atoms with Crippen LogP contribution in [-0.4, -0.2) is 40.8 Å². The fourth-order valence-electron chi connectivity index (χ4n) is 2.67. The van der Waals surface area contributed by atoms with Gasteiger partial charge in [-0.2, -0.15) is 8.42 Å². The molecule has 0 radical (unpaired) electrons. The van der Waals surface area contributed by atoms with Crippen molar-refractivity contribution in [3.8, 4) is 0 Å². The summed E-state index contributed by atoms with van der Waals surface area (Å²) in [7, 11) is 0.0688. The maximum absolute atomic E-state index is 12.5. The molecule has 24 heavy (non-hydrogen) atoms. The van der Waals surface area contributed by atoms with Gasteiger partial charge in [-0.1, -0.05) is 37.1 Å². The monoisotopic (exact) mass is 351 g/mol. The number of aliphatic hydroxyl groups excluding tert-OH is 1. The predicted octanol–water partition coefficient (Wildman–Crippen LogP) is 3.16. The van der Waals surface area contributed by atoms with Crippen LogP contribution in [0.15, 0.2) is 41.3 Å². The maximum Gasteiger partial charge on any atom is 0.297 e. The lowest BCUT2D eigenvalue weighted by molar-refractivity contribution is 0.274. The van der Waals surface area contributed by atoms with Crippen LogP contribution in [0.1, 0.15) is 25.7 Å². The first-order chi connectivity index (χ1) is 11.5. The molecule has 5 nitrogen and oxygen atoms in total. The van der Waals surface area contributed by atoms with Crippen LogP contribution in [-0.2, 0) is 14.3 Å². The lowest BCUT2D eigenvalue weighted by Gasteiger charge is -2.16. The summed E-state index contributed by atoms with van der Waals surface area (Å²) in [5, 5.41) is 10.3. The number of anilines is 1. The third-order valence-electron chi connectivity index (χ3n) is 3.90. The normalized spacial score (nSPS) is 11.8. The molecule has 0 saturated heterocycles. The maximum atomic E-state index is 12.5. The predicted molar refractivity (Wildman–Crippen MR) is 97.0 cm³/mol. The average molecular weight is 351 g/mol. The van der Waals surface area contributed by atoms with Crippen molar-refractivity contribution < 1.29 is 17.7 Å². The fourth-order valence-corrected chi connectivity index (χ4v) is 3.83. The van der Waals surface area contributed by atoms with Crippen molar-refractivity contribution in [2.45, 2.75) is 30.6 Å². The van der Waals surface area contributed by atoms with E-state index in [4.69, 9.17) is 9.29 Å². The van der Waals surface area contributed by atoms with Gasteiger partial charge in [0.1, 0.15) is 4.90 Å². The molecule has 132 valence electrons. The summed E-state index contributed by atoms with van der Waals surface area (Å²) in [6.45, 7) is 0.334. The van der Waals surface area contributed by atoms with E-state index in [0.29, 0.717) is 11.8 Å². The molecule has 0 heterocycles. The number of rotatable bonds is 9. The molecule has 2 aromatic rings. The van der Waals surface area contributed by atoms with E-state index in [1.54, 1.807) is 18.2 Å². The first kappa shape index (κ1) is 18.7. The van der Waals surface area contributed by atoms with Crippen molar-refractivity contribution in [1.82, 2.24) is 0 Å². The van der Waals surface area contributed by atoms with Gasteiger partial charge in [0.25, 0.3) is 10.1 Å². The second kappa shape index (κ2) is 8.46. The van der Waals surface area contributed by atoms with Crippen LogP contribution in [0.25, 0.3) is 10.8 Å². The van der Waals surface area contributed by atoms with Crippen LogP contribution < -0.4 is 4.90 Å². The van der Waals surface area contributed by atoms with Crippen LogP contribution in [0.2, 0.25) is 0 Å². The van der Waals surface area contributed by atoms with E-state index in [2.05, 4.69) is 0 Å². The van der Waals surface area contributed by atoms with Crippen LogP contribution in [0.4, 0.5) is 5.69 Å². The Hall–Kier alpha value is -1.63. The van der Waals surface area contributed by atoms with Gasteiger partial charge in [0.15, 0.2) is 0 Å². The Morgan fingerprint density at radius 2 is 1.62 bits per heavy atom. The minimum atomic E-state index is -3.79. The van der Waals surface area contributed by atoms with Gasteiger partial charge in [0.05, 0.1) is 6.61 Å². The van der Waals surface area contributed by atoms with Gasteiger partial charge in [0.2, 0.25) is 0 Å². The molecule has 0 atom stereocenters. The average Bonchev–Trinajstić information content (AvgIpc) is 2.56. The van der Waals surface area contributed by atoms with Crippen LogP contribution in [0.3, 0.4) is 0 Å². The summed E-state index contributed by atoms with van der Waals surface area (Å²) in [5.74, 6) is 0. The Labute approximate surface area is 144 Å². The van der Waals surface area contributed by atoms with Gasteiger partial charge in [0, 0.05) is 37.2 Å². The smallest absolute Gasteiger partial charge is 0.297 e. The van der Waals surface area contributed by atoms with Crippen LogP contribution in [0.5, 0.6) is 0 Å². The van der Waals surface area contributed by atoms with E-state index in [1.807, 2.05) is 37.2 Å². The van der Waals surface area contributed by atoms with Crippen LogP contribution in [0, 0.1) is 0 Å². The summed E-state index contributed by atoms with van der Waals surface area (Å²) >= 11 is 0. The Morgan fingerprint density at radius 1 is 0.958 bits per heavy atom. The number of fused-ring (bicyclic) bond motifs is 1. The van der Waals surface area contributed by atoms with Crippen molar-refractivity contribution in [3.05, 3.63) is 36.4 Å². The lowest BCUT2D eigenvalue weighted by atomic mass is 10.1. The summed E-state index contributed by atoms with van der Waals surface area (Å²) in [6.07, 6.45) is 3.12. The molecule has 2 aromatic carbocycles. The van der Waals surface area contributed by atoms with Gasteiger partial charge >= 0.3 is 0 Å². The highest BCUT2D eigenvalue weighted by molar-refractivity contribution is 7.87. The molecule has 6 heteroatoms. The summed E-state index contributed by atoms with van der Waals surface area (Å²) < 4.78 is 30.3. The zero-order valence-electron chi connectivity index (χ0n) is 14.2. The standard InChI is InChI=1S/C18H25NO4S/c1-19(2)17-11-7-10-16-15(17)9-8-12-18(16)24(21,22)23-14-6-4-3-5-13-20/h7-12,20H,3-6,13-14H2,1-2H3. The summed E-state index contributed by atoms with van der Waals surface area (Å²) in [5.41, 5.74) is 0.966. The SMILES string of the molecule is CN(C)c1cccc2c(S(=O)(=O)OCCCCCCO)cccc12. The molecular formula is C18H25NO4S. The highest BCUT2D eigenvalue weighted by atomic mass is 32.2. The number of unbranched alkanes of at least 4 members (excludes halogenated alkanes) is 3. The fraction of sp³-hybridized carbons (Fsp3) is 0.444. The van der Waals surface area contributed by atoms with Crippen LogP contribution >= 0.6 is 0 Å². The van der Waals surface area contributed by atoms with E-state index < -0.39 is 10.1 Å². The minimum Gasteiger partial charge on any atom is -0.396 e. The molecule has 0 unspecified atom stereocenters. The Morgan fingerprint density at radius 3 is 2.33 bits per heavy atom. The lowest BCUT2D eigenvalue weighted by Crippen LogP contribution is -2.11. The summed E-state index contributed by atoms with van der Waals surface area (Å²) in [4.78, 5) is 2.17. The Bertz CT molecular complexity index is 772. The minimum absolute atomic E-state index is 0.164. The quantitative estimate of drug-likeness (QED) is 0.555. The zero-order valence-corrected chi connectivity index (χ0v) is 15.1. The molecule has 1 N–H and O–H groups in total. The highest BCUT2D eigenvalue weighted by Gasteiger charge is 2.19. The van der Waals surface area contributed by atoms with Crippen molar-refractivity contribution >= 4 is 26.6 Å². The molecule has 0 aromatic heterocycles. The first-order valence-corrected chi connectivity index (χ1v) is 9.57. The van der Waals surface area contributed by atoms with Gasteiger partial charge < -0.3 is 10.0 Å². The van der Waals surface area contributed by atoms with Gasteiger partial charge in [-0.05, 0) is 25.0 Å². The number of benzene rings is 2. The van der Waals surface area contributed by atoms with E-state index >= 15 is 0 Å². The molecular weight excluding hydrogens is 326 g/mol. The molecule has 0 saturated carbocycles. The Kier molecular flexibility index (Phi) is 6.60. The first-order valence-electron chi connectivity index (χ1n) is 8.17. The van der Waals surface area contributed by atoms with Gasteiger partial charge in [-0.25, -0.2) is 0 Å². The summed E-state index contributed by atoms with van der Waals surface area (Å²) in [6, 6.07) is 10.9. The van der Waals surface area contributed by atoms with E-state index in [-0.39, 0.29) is 18.1 Å². The third kappa shape index (κ3) is 4.47. The van der Waals surface area contributed by atoms with Gasteiger partial charge in [-0.3, -0.25) is 4.18 Å². The highest BCUT2D eigenvalue weighted by Crippen LogP contribution is 2.30. The van der Waals surface area contributed by atoms with Crippen molar-refractivity contribution in [3.63, 3.8) is 0 Å². The molecule has 0 bridgehead atoms. The topological polar surface area (TPSA) is 66.8 Å².